The van der Waals surface area contributed by atoms with Gasteiger partial charge in [0.1, 0.15) is 11.6 Å². The minimum absolute atomic E-state index is 0.393. The van der Waals surface area contributed by atoms with Gasteiger partial charge in [-0.1, -0.05) is 34.1 Å². The van der Waals surface area contributed by atoms with Crippen LogP contribution in [0.15, 0.2) is 59.1 Å². The van der Waals surface area contributed by atoms with Crippen LogP contribution in [0.4, 0.5) is 23.0 Å². The molecule has 3 rings (SSSR count). The molecular weight excluding hydrogens is 342 g/mol. The first-order chi connectivity index (χ1) is 10.6. The second kappa shape index (κ2) is 6.03. The topological polar surface area (TPSA) is 89.8 Å². The molecule has 22 heavy (non-hydrogen) atoms. The first-order valence-corrected chi connectivity index (χ1v) is 7.42. The van der Waals surface area contributed by atoms with Gasteiger partial charge < -0.3 is 16.8 Å². The number of hydrogen-bond donors (Lipinski definition) is 3. The van der Waals surface area contributed by atoms with E-state index in [9.17, 15) is 0 Å². The van der Waals surface area contributed by atoms with E-state index in [1.807, 2.05) is 48.5 Å². The molecule has 0 fully saturated rings. The fraction of sp³-hybridized carbons (Fsp3) is 0. The number of anilines is 4. The highest BCUT2D eigenvalue weighted by Crippen LogP contribution is 2.24. The Kier molecular flexibility index (Phi) is 3.93. The summed E-state index contributed by atoms with van der Waals surface area (Å²) in [6.45, 7) is 0. The van der Waals surface area contributed by atoms with Crippen LogP contribution in [-0.2, 0) is 0 Å². The molecule has 0 saturated heterocycles. The number of nitrogens with zero attached hydrogens (tertiary/aromatic N) is 2. The number of hydrogen-bond acceptors (Lipinski definition) is 5. The highest BCUT2D eigenvalue weighted by atomic mass is 79.9. The number of nitrogen functional groups attached to an aromatic ring is 2. The summed E-state index contributed by atoms with van der Waals surface area (Å²) in [7, 11) is 0. The van der Waals surface area contributed by atoms with Gasteiger partial charge in [-0.3, -0.25) is 0 Å². The molecule has 3 aromatic rings. The lowest BCUT2D eigenvalue weighted by Crippen LogP contribution is -2.01. The first-order valence-electron chi connectivity index (χ1n) is 6.63. The fourth-order valence-corrected chi connectivity index (χ4v) is 2.45. The molecule has 0 radical (unpaired) electrons. The Labute approximate surface area is 136 Å². The van der Waals surface area contributed by atoms with Crippen LogP contribution in [0.2, 0.25) is 0 Å². The summed E-state index contributed by atoms with van der Waals surface area (Å²) in [6, 6.07) is 16.9. The largest absolute Gasteiger partial charge is 0.399 e. The summed E-state index contributed by atoms with van der Waals surface area (Å²) in [4.78, 5) is 8.76. The number of nitrogens with one attached hydrogen (secondary N) is 1. The van der Waals surface area contributed by atoms with Gasteiger partial charge >= 0.3 is 0 Å². The molecule has 0 aliphatic rings. The van der Waals surface area contributed by atoms with Crippen molar-refractivity contribution in [2.75, 3.05) is 16.8 Å². The number of nitrogens with two attached hydrogens (primary N) is 2. The molecule has 0 bridgehead atoms. The molecule has 0 spiro atoms. The molecular formula is C16H14BrN5. The molecule has 110 valence electrons. The third-order valence-electron chi connectivity index (χ3n) is 2.99. The number of aromatic nitrogens is 2. The van der Waals surface area contributed by atoms with Crippen molar-refractivity contribution in [2.24, 2.45) is 0 Å². The van der Waals surface area contributed by atoms with Crippen LogP contribution in [-0.4, -0.2) is 9.97 Å². The average Bonchev–Trinajstić information content (AvgIpc) is 2.46. The van der Waals surface area contributed by atoms with E-state index < -0.39 is 0 Å². The van der Waals surface area contributed by atoms with Crippen molar-refractivity contribution in [3.8, 4) is 11.4 Å². The maximum absolute atomic E-state index is 5.89. The lowest BCUT2D eigenvalue weighted by atomic mass is 10.2. The molecule has 6 heteroatoms. The molecule has 0 aliphatic heterocycles. The summed E-state index contributed by atoms with van der Waals surface area (Å²) in [5.41, 5.74) is 14.1. The van der Waals surface area contributed by atoms with Crippen LogP contribution < -0.4 is 16.8 Å². The van der Waals surface area contributed by atoms with Crippen molar-refractivity contribution in [2.45, 2.75) is 0 Å². The van der Waals surface area contributed by atoms with Gasteiger partial charge in [-0.15, -0.1) is 0 Å². The van der Waals surface area contributed by atoms with E-state index >= 15 is 0 Å². The Balaban J connectivity index is 1.96. The van der Waals surface area contributed by atoms with E-state index in [2.05, 4.69) is 31.2 Å². The molecule has 1 aromatic heterocycles. The van der Waals surface area contributed by atoms with E-state index in [1.54, 1.807) is 6.07 Å². The van der Waals surface area contributed by atoms with Crippen LogP contribution >= 0.6 is 15.9 Å². The van der Waals surface area contributed by atoms with Gasteiger partial charge in [0.2, 0.25) is 0 Å². The molecule has 0 saturated carbocycles. The molecule has 1 heterocycles. The Morgan fingerprint density at radius 1 is 0.909 bits per heavy atom. The van der Waals surface area contributed by atoms with Gasteiger partial charge in [0.25, 0.3) is 0 Å². The predicted octanol–water partition coefficient (Wildman–Crippen LogP) is 3.81. The first kappa shape index (κ1) is 14.3. The minimum Gasteiger partial charge on any atom is -0.399 e. The lowest BCUT2D eigenvalue weighted by Gasteiger charge is -2.09. The number of rotatable bonds is 3. The lowest BCUT2D eigenvalue weighted by molar-refractivity contribution is 1.18. The second-order valence-electron chi connectivity index (χ2n) is 4.76. The second-order valence-corrected chi connectivity index (χ2v) is 5.68. The summed E-state index contributed by atoms with van der Waals surface area (Å²) >= 11 is 3.44. The third kappa shape index (κ3) is 3.35. The van der Waals surface area contributed by atoms with Crippen LogP contribution in [0.3, 0.4) is 0 Å². The maximum atomic E-state index is 5.89. The Morgan fingerprint density at radius 3 is 2.50 bits per heavy atom. The van der Waals surface area contributed by atoms with Crippen LogP contribution in [0.5, 0.6) is 0 Å². The highest BCUT2D eigenvalue weighted by molar-refractivity contribution is 9.10. The van der Waals surface area contributed by atoms with E-state index in [0.29, 0.717) is 23.1 Å². The molecule has 0 aliphatic carbocycles. The zero-order chi connectivity index (χ0) is 15.5. The Bertz CT molecular complexity index is 819. The van der Waals surface area contributed by atoms with Crippen molar-refractivity contribution in [1.29, 1.82) is 0 Å². The van der Waals surface area contributed by atoms with E-state index in [4.69, 9.17) is 11.5 Å². The van der Waals surface area contributed by atoms with Crippen LogP contribution in [0, 0.1) is 0 Å². The quantitative estimate of drug-likeness (QED) is 0.621. The van der Waals surface area contributed by atoms with Gasteiger partial charge in [0, 0.05) is 27.5 Å². The maximum Gasteiger partial charge on any atom is 0.163 e. The Morgan fingerprint density at radius 2 is 1.73 bits per heavy atom. The van der Waals surface area contributed by atoms with Crippen molar-refractivity contribution in [3.05, 3.63) is 59.1 Å². The average molecular weight is 356 g/mol. The molecule has 5 nitrogen and oxygen atoms in total. The summed E-state index contributed by atoms with van der Waals surface area (Å²) in [5, 5.41) is 3.22. The minimum atomic E-state index is 0.393. The van der Waals surface area contributed by atoms with Crippen LogP contribution in [0.1, 0.15) is 0 Å². The molecule has 0 unspecified atom stereocenters. The monoisotopic (exact) mass is 355 g/mol. The molecule has 5 N–H and O–H groups in total. The summed E-state index contributed by atoms with van der Waals surface area (Å²) in [6.07, 6.45) is 0. The van der Waals surface area contributed by atoms with Crippen molar-refractivity contribution in [1.82, 2.24) is 9.97 Å². The zero-order valence-electron chi connectivity index (χ0n) is 11.6. The predicted molar refractivity (Wildman–Crippen MR) is 93.7 cm³/mol. The summed E-state index contributed by atoms with van der Waals surface area (Å²) in [5.74, 6) is 1.55. The van der Waals surface area contributed by atoms with Crippen molar-refractivity contribution >= 4 is 38.9 Å². The van der Waals surface area contributed by atoms with Crippen molar-refractivity contribution < 1.29 is 0 Å². The number of benzene rings is 2. The number of halogens is 1. The standard InChI is InChI=1S/C16H14BrN5/c17-11-4-2-6-13(8-11)20-15-9-14(19)21-16(22-15)10-3-1-5-12(18)7-10/h1-9H,18H2,(H3,19,20,21,22). The summed E-state index contributed by atoms with van der Waals surface area (Å²) < 4.78 is 0.982. The SMILES string of the molecule is Nc1cccc(-c2nc(N)cc(Nc3cccc(Br)c3)n2)c1. The van der Waals surface area contributed by atoms with Gasteiger partial charge in [-0.2, -0.15) is 0 Å². The Hall–Kier alpha value is -2.60. The molecule has 0 amide bonds. The van der Waals surface area contributed by atoms with Crippen molar-refractivity contribution in [3.63, 3.8) is 0 Å². The van der Waals surface area contributed by atoms with E-state index in [0.717, 1.165) is 15.7 Å². The molecule has 0 atom stereocenters. The van der Waals surface area contributed by atoms with Gasteiger partial charge in [-0.25, -0.2) is 9.97 Å². The van der Waals surface area contributed by atoms with Gasteiger partial charge in [-0.05, 0) is 30.3 Å². The van der Waals surface area contributed by atoms with Gasteiger partial charge in [0.05, 0.1) is 0 Å². The normalized spacial score (nSPS) is 10.4. The zero-order valence-corrected chi connectivity index (χ0v) is 13.2. The van der Waals surface area contributed by atoms with Gasteiger partial charge in [0.15, 0.2) is 5.82 Å². The molecule has 2 aromatic carbocycles. The van der Waals surface area contributed by atoms with Crippen LogP contribution in [0.25, 0.3) is 11.4 Å². The fourth-order valence-electron chi connectivity index (χ4n) is 2.05. The highest BCUT2D eigenvalue weighted by Gasteiger charge is 2.06. The van der Waals surface area contributed by atoms with E-state index in [1.165, 1.54) is 0 Å². The third-order valence-corrected chi connectivity index (χ3v) is 3.48. The smallest absolute Gasteiger partial charge is 0.163 e. The van der Waals surface area contributed by atoms with E-state index in [-0.39, 0.29) is 0 Å².